The van der Waals surface area contributed by atoms with Gasteiger partial charge in [-0.15, -0.1) is 0 Å². The van der Waals surface area contributed by atoms with Gasteiger partial charge in [0, 0.05) is 17.2 Å². The van der Waals surface area contributed by atoms with Crippen molar-refractivity contribution in [1.29, 1.82) is 0 Å². The molecule has 3 aromatic rings. The molecular weight excluding hydrogens is 394 g/mol. The molecule has 0 saturated carbocycles. The van der Waals surface area contributed by atoms with Gasteiger partial charge in [-0.25, -0.2) is 0 Å². The summed E-state index contributed by atoms with van der Waals surface area (Å²) < 4.78 is 22.0. The fraction of sp³-hybridized carbons (Fsp3) is 0.240. The van der Waals surface area contributed by atoms with Gasteiger partial charge in [-0.2, -0.15) is 0 Å². The lowest BCUT2D eigenvalue weighted by atomic mass is 10.1. The predicted octanol–water partition coefficient (Wildman–Crippen LogP) is 5.16. The maximum atomic E-state index is 12.9. The smallest absolute Gasteiger partial charge is 0.255 e. The number of carbonyl (C=O) groups excluding carboxylic acids is 1. The van der Waals surface area contributed by atoms with Crippen LogP contribution in [0.1, 0.15) is 27.0 Å². The summed E-state index contributed by atoms with van der Waals surface area (Å²) in [5.41, 5.74) is 4.07. The van der Waals surface area contributed by atoms with Crippen LogP contribution in [0.5, 0.6) is 23.0 Å². The van der Waals surface area contributed by atoms with E-state index >= 15 is 0 Å². The highest BCUT2D eigenvalue weighted by Gasteiger charge is 2.14. The average molecular weight is 421 g/mol. The summed E-state index contributed by atoms with van der Waals surface area (Å²) in [6, 6.07) is 16.5. The van der Waals surface area contributed by atoms with Gasteiger partial charge in [0.25, 0.3) is 5.91 Å². The Labute approximate surface area is 182 Å². The molecule has 0 fully saturated rings. The van der Waals surface area contributed by atoms with Gasteiger partial charge in [0.2, 0.25) is 0 Å². The van der Waals surface area contributed by atoms with Crippen molar-refractivity contribution in [2.45, 2.75) is 20.5 Å². The summed E-state index contributed by atoms with van der Waals surface area (Å²) in [6.45, 7) is 4.33. The number of ether oxygens (including phenoxy) is 4. The van der Waals surface area contributed by atoms with Gasteiger partial charge in [0.15, 0.2) is 0 Å². The second-order valence-corrected chi connectivity index (χ2v) is 7.16. The van der Waals surface area contributed by atoms with E-state index in [2.05, 4.69) is 11.4 Å². The van der Waals surface area contributed by atoms with Crippen molar-refractivity contribution < 1.29 is 23.7 Å². The zero-order valence-electron chi connectivity index (χ0n) is 18.4. The van der Waals surface area contributed by atoms with Crippen LogP contribution < -0.4 is 24.3 Å². The molecule has 0 atom stereocenters. The topological polar surface area (TPSA) is 66.0 Å². The van der Waals surface area contributed by atoms with Gasteiger partial charge in [0.1, 0.15) is 29.6 Å². The molecule has 1 N–H and O–H groups in total. The van der Waals surface area contributed by atoms with Crippen LogP contribution in [0.3, 0.4) is 0 Å². The molecule has 0 saturated heterocycles. The van der Waals surface area contributed by atoms with Crippen LogP contribution in [-0.4, -0.2) is 27.2 Å². The first-order chi connectivity index (χ1) is 14.9. The lowest BCUT2D eigenvalue weighted by molar-refractivity contribution is 0.102. The highest BCUT2D eigenvalue weighted by atomic mass is 16.5. The molecule has 0 aliphatic rings. The average Bonchev–Trinajstić information content (AvgIpc) is 2.77. The van der Waals surface area contributed by atoms with E-state index in [9.17, 15) is 4.79 Å². The minimum Gasteiger partial charge on any atom is -0.497 e. The third kappa shape index (κ3) is 5.48. The summed E-state index contributed by atoms with van der Waals surface area (Å²) in [5.74, 6) is 2.32. The Morgan fingerprint density at radius 2 is 1.48 bits per heavy atom. The van der Waals surface area contributed by atoms with Crippen molar-refractivity contribution in [2.75, 3.05) is 26.6 Å². The highest BCUT2D eigenvalue weighted by Crippen LogP contribution is 2.30. The molecule has 1 amide bonds. The number of hydrogen-bond acceptors (Lipinski definition) is 5. The zero-order valence-corrected chi connectivity index (χ0v) is 18.4. The Kier molecular flexibility index (Phi) is 7.03. The standard InChI is InChI=1S/C25H27NO5/c1-16-10-17(2)12-21(11-16)31-15-19-13-18(6-9-23(19)29-4)25(27)26-22-8-7-20(28-3)14-24(22)30-5/h6-14H,15H2,1-5H3,(H,26,27). The molecule has 0 unspecified atom stereocenters. The van der Waals surface area contributed by atoms with E-state index in [4.69, 9.17) is 18.9 Å². The summed E-state index contributed by atoms with van der Waals surface area (Å²) in [5, 5.41) is 2.88. The van der Waals surface area contributed by atoms with E-state index in [0.717, 1.165) is 22.4 Å². The van der Waals surface area contributed by atoms with E-state index in [1.54, 1.807) is 57.7 Å². The molecule has 162 valence electrons. The number of amides is 1. The minimum absolute atomic E-state index is 0.265. The molecule has 0 aliphatic carbocycles. The summed E-state index contributed by atoms with van der Waals surface area (Å²) >= 11 is 0. The fourth-order valence-electron chi connectivity index (χ4n) is 3.31. The summed E-state index contributed by atoms with van der Waals surface area (Å²) in [6.07, 6.45) is 0. The molecule has 31 heavy (non-hydrogen) atoms. The van der Waals surface area contributed by atoms with Crippen LogP contribution in [0.4, 0.5) is 5.69 Å². The van der Waals surface area contributed by atoms with Crippen molar-refractivity contribution in [3.63, 3.8) is 0 Å². The molecule has 0 radical (unpaired) electrons. The number of rotatable bonds is 8. The maximum Gasteiger partial charge on any atom is 0.255 e. The van der Waals surface area contributed by atoms with Crippen LogP contribution in [0.25, 0.3) is 0 Å². The third-order valence-corrected chi connectivity index (χ3v) is 4.79. The maximum absolute atomic E-state index is 12.9. The quantitative estimate of drug-likeness (QED) is 0.544. The van der Waals surface area contributed by atoms with Crippen molar-refractivity contribution in [3.8, 4) is 23.0 Å². The highest BCUT2D eigenvalue weighted by molar-refractivity contribution is 6.05. The number of anilines is 1. The lowest BCUT2D eigenvalue weighted by Gasteiger charge is -2.14. The van der Waals surface area contributed by atoms with Crippen LogP contribution in [0.2, 0.25) is 0 Å². The van der Waals surface area contributed by atoms with Crippen molar-refractivity contribution in [2.24, 2.45) is 0 Å². The van der Waals surface area contributed by atoms with Gasteiger partial charge >= 0.3 is 0 Å². The third-order valence-electron chi connectivity index (χ3n) is 4.79. The molecule has 3 aromatic carbocycles. The van der Waals surface area contributed by atoms with Crippen molar-refractivity contribution >= 4 is 11.6 Å². The first-order valence-electron chi connectivity index (χ1n) is 9.85. The summed E-state index contributed by atoms with van der Waals surface area (Å²) in [7, 11) is 4.71. The van der Waals surface area contributed by atoms with Crippen molar-refractivity contribution in [3.05, 3.63) is 76.9 Å². The predicted molar refractivity (Wildman–Crippen MR) is 121 cm³/mol. The zero-order chi connectivity index (χ0) is 22.4. The SMILES string of the molecule is COc1ccc(NC(=O)c2ccc(OC)c(COc3cc(C)cc(C)c3)c2)c(OC)c1. The molecule has 0 bridgehead atoms. The second-order valence-electron chi connectivity index (χ2n) is 7.16. The Balaban J connectivity index is 1.80. The summed E-state index contributed by atoms with van der Waals surface area (Å²) in [4.78, 5) is 12.9. The molecule has 6 heteroatoms. The van der Waals surface area contributed by atoms with Crippen LogP contribution in [0.15, 0.2) is 54.6 Å². The van der Waals surface area contributed by atoms with Gasteiger partial charge < -0.3 is 24.3 Å². The van der Waals surface area contributed by atoms with E-state index in [-0.39, 0.29) is 12.5 Å². The number of carbonyl (C=O) groups is 1. The van der Waals surface area contributed by atoms with Gasteiger partial charge in [-0.1, -0.05) is 6.07 Å². The monoisotopic (exact) mass is 421 g/mol. The Morgan fingerprint density at radius 3 is 2.13 bits per heavy atom. The largest absolute Gasteiger partial charge is 0.497 e. The van der Waals surface area contributed by atoms with E-state index in [1.807, 2.05) is 26.0 Å². The number of methoxy groups -OCH3 is 3. The van der Waals surface area contributed by atoms with Crippen LogP contribution >= 0.6 is 0 Å². The second kappa shape index (κ2) is 9.89. The van der Waals surface area contributed by atoms with Crippen LogP contribution in [0, 0.1) is 13.8 Å². The first kappa shape index (κ1) is 22.0. The molecule has 0 spiro atoms. The Bertz CT molecular complexity index is 1060. The number of benzene rings is 3. The van der Waals surface area contributed by atoms with Gasteiger partial charge in [0.05, 0.1) is 27.0 Å². The molecule has 0 aromatic heterocycles. The molecule has 0 heterocycles. The number of aryl methyl sites for hydroxylation is 2. The van der Waals surface area contributed by atoms with E-state index in [1.165, 1.54) is 0 Å². The molecule has 0 aliphatic heterocycles. The van der Waals surface area contributed by atoms with E-state index < -0.39 is 0 Å². The van der Waals surface area contributed by atoms with Crippen molar-refractivity contribution in [1.82, 2.24) is 0 Å². The number of hydrogen-bond donors (Lipinski definition) is 1. The van der Waals surface area contributed by atoms with Gasteiger partial charge in [-0.05, 0) is 67.4 Å². The number of nitrogens with one attached hydrogen (secondary N) is 1. The fourth-order valence-corrected chi connectivity index (χ4v) is 3.31. The van der Waals surface area contributed by atoms with Crippen LogP contribution in [-0.2, 0) is 6.61 Å². The van der Waals surface area contributed by atoms with E-state index in [0.29, 0.717) is 28.5 Å². The van der Waals surface area contributed by atoms with Gasteiger partial charge in [-0.3, -0.25) is 4.79 Å². The Hall–Kier alpha value is -3.67. The molecule has 6 nitrogen and oxygen atoms in total. The first-order valence-corrected chi connectivity index (χ1v) is 9.85. The normalized spacial score (nSPS) is 10.4. The Morgan fingerprint density at radius 1 is 0.774 bits per heavy atom. The lowest BCUT2D eigenvalue weighted by Crippen LogP contribution is -2.13. The molecule has 3 rings (SSSR count). The molecular formula is C25H27NO5. The minimum atomic E-state index is -0.265.